The second-order valence-corrected chi connectivity index (χ2v) is 7.42. The molecule has 0 heterocycles. The Kier molecular flexibility index (Phi) is 4.40. The minimum atomic E-state index is -0.195. The molecule has 1 nitrogen and oxygen atoms in total. The van der Waals surface area contributed by atoms with Crippen LogP contribution in [0.3, 0.4) is 0 Å². The first-order valence-corrected chi connectivity index (χ1v) is 8.93. The fourth-order valence-electron chi connectivity index (χ4n) is 5.27. The van der Waals surface area contributed by atoms with Gasteiger partial charge in [0.15, 0.2) is 0 Å². The lowest BCUT2D eigenvalue weighted by molar-refractivity contribution is 0.0421. The van der Waals surface area contributed by atoms with E-state index in [0.29, 0.717) is 0 Å². The average molecular weight is 286 g/mol. The quantitative estimate of drug-likeness (QED) is 0.786. The normalized spacial score (nSPS) is 29.8. The zero-order valence-electron chi connectivity index (χ0n) is 13.6. The summed E-state index contributed by atoms with van der Waals surface area (Å²) in [7, 11) is 0. The SMILES string of the molecule is CCC(CC)(c1ccccc1)C(O)CC1CC2CCC1C2. The number of benzene rings is 1. The van der Waals surface area contributed by atoms with Gasteiger partial charge in [-0.15, -0.1) is 0 Å². The van der Waals surface area contributed by atoms with Crippen LogP contribution in [-0.4, -0.2) is 11.2 Å². The molecule has 2 fully saturated rings. The van der Waals surface area contributed by atoms with Crippen molar-refractivity contribution in [2.45, 2.75) is 70.3 Å². The molecule has 0 saturated heterocycles. The van der Waals surface area contributed by atoms with Crippen molar-refractivity contribution in [3.8, 4) is 0 Å². The maximum Gasteiger partial charge on any atom is 0.0639 e. The Hall–Kier alpha value is -0.820. The lowest BCUT2D eigenvalue weighted by Crippen LogP contribution is -2.40. The van der Waals surface area contributed by atoms with Gasteiger partial charge in [0.1, 0.15) is 0 Å². The second kappa shape index (κ2) is 6.12. The van der Waals surface area contributed by atoms with Crippen LogP contribution in [0.1, 0.15) is 64.4 Å². The van der Waals surface area contributed by atoms with Gasteiger partial charge in [-0.2, -0.15) is 0 Å². The molecule has 116 valence electrons. The number of aliphatic hydroxyl groups excluding tert-OH is 1. The van der Waals surface area contributed by atoms with Crippen molar-refractivity contribution in [1.29, 1.82) is 0 Å². The molecular weight excluding hydrogens is 256 g/mol. The molecule has 2 aliphatic carbocycles. The van der Waals surface area contributed by atoms with Crippen molar-refractivity contribution in [3.05, 3.63) is 35.9 Å². The van der Waals surface area contributed by atoms with Crippen LogP contribution in [0.5, 0.6) is 0 Å². The molecule has 1 heteroatoms. The molecule has 0 spiro atoms. The lowest BCUT2D eigenvalue weighted by Gasteiger charge is -2.39. The van der Waals surface area contributed by atoms with E-state index in [-0.39, 0.29) is 11.5 Å². The van der Waals surface area contributed by atoms with Gasteiger partial charge in [-0.1, -0.05) is 50.6 Å². The van der Waals surface area contributed by atoms with Gasteiger partial charge >= 0.3 is 0 Å². The molecule has 1 aromatic rings. The van der Waals surface area contributed by atoms with Gasteiger partial charge in [0.25, 0.3) is 0 Å². The minimum absolute atomic E-state index is 0.0525. The van der Waals surface area contributed by atoms with Gasteiger partial charge in [-0.05, 0) is 61.8 Å². The Morgan fingerprint density at radius 3 is 2.33 bits per heavy atom. The largest absolute Gasteiger partial charge is 0.392 e. The van der Waals surface area contributed by atoms with Crippen molar-refractivity contribution < 1.29 is 5.11 Å². The number of hydrogen-bond donors (Lipinski definition) is 1. The monoisotopic (exact) mass is 286 g/mol. The summed E-state index contributed by atoms with van der Waals surface area (Å²) >= 11 is 0. The van der Waals surface area contributed by atoms with Gasteiger partial charge < -0.3 is 5.11 Å². The Balaban J connectivity index is 1.77. The summed E-state index contributed by atoms with van der Waals surface area (Å²) < 4.78 is 0. The number of aliphatic hydroxyl groups is 1. The van der Waals surface area contributed by atoms with Crippen LogP contribution in [0.15, 0.2) is 30.3 Å². The van der Waals surface area contributed by atoms with Crippen LogP contribution in [0, 0.1) is 17.8 Å². The number of fused-ring (bicyclic) bond motifs is 2. The summed E-state index contributed by atoms with van der Waals surface area (Å²) in [5, 5.41) is 11.1. The standard InChI is InChI=1S/C20H30O/c1-3-20(4-2,18-8-6-5-7-9-18)19(21)14-17-13-15-10-11-16(17)12-15/h5-9,15-17,19,21H,3-4,10-14H2,1-2H3. The van der Waals surface area contributed by atoms with E-state index >= 15 is 0 Å². The van der Waals surface area contributed by atoms with Crippen molar-refractivity contribution in [2.75, 3.05) is 0 Å². The summed E-state index contributed by atoms with van der Waals surface area (Å²) in [5.41, 5.74) is 1.27. The van der Waals surface area contributed by atoms with Gasteiger partial charge in [-0.25, -0.2) is 0 Å². The van der Waals surface area contributed by atoms with E-state index in [2.05, 4.69) is 44.2 Å². The van der Waals surface area contributed by atoms with Gasteiger partial charge in [0.05, 0.1) is 6.10 Å². The van der Waals surface area contributed by atoms with Crippen LogP contribution >= 0.6 is 0 Å². The lowest BCUT2D eigenvalue weighted by atomic mass is 9.68. The summed E-state index contributed by atoms with van der Waals surface area (Å²) in [5.74, 6) is 2.66. The highest BCUT2D eigenvalue weighted by Crippen LogP contribution is 2.51. The van der Waals surface area contributed by atoms with E-state index in [1.807, 2.05) is 0 Å². The Labute approximate surface area is 129 Å². The van der Waals surface area contributed by atoms with Crippen LogP contribution in [0.4, 0.5) is 0 Å². The Bertz CT molecular complexity index is 448. The fourth-order valence-corrected chi connectivity index (χ4v) is 5.27. The minimum Gasteiger partial charge on any atom is -0.392 e. The highest BCUT2D eigenvalue weighted by molar-refractivity contribution is 5.27. The summed E-state index contributed by atoms with van der Waals surface area (Å²) in [6.07, 6.45) is 8.54. The molecule has 1 N–H and O–H groups in total. The molecule has 4 unspecified atom stereocenters. The molecule has 0 aromatic heterocycles. The maximum atomic E-state index is 11.1. The van der Waals surface area contributed by atoms with E-state index in [9.17, 15) is 5.11 Å². The molecule has 0 radical (unpaired) electrons. The molecular formula is C20H30O. The number of rotatable bonds is 6. The van der Waals surface area contributed by atoms with E-state index in [1.165, 1.54) is 31.2 Å². The second-order valence-electron chi connectivity index (χ2n) is 7.42. The van der Waals surface area contributed by atoms with Gasteiger partial charge in [0, 0.05) is 5.41 Å². The zero-order valence-corrected chi connectivity index (χ0v) is 13.6. The zero-order chi connectivity index (χ0) is 14.9. The molecule has 0 aliphatic heterocycles. The molecule has 4 atom stereocenters. The van der Waals surface area contributed by atoms with E-state index in [0.717, 1.165) is 37.0 Å². The molecule has 0 amide bonds. The molecule has 2 aliphatic rings. The third kappa shape index (κ3) is 2.65. The average Bonchev–Trinajstić information content (AvgIpc) is 3.13. The van der Waals surface area contributed by atoms with Crippen molar-refractivity contribution in [1.82, 2.24) is 0 Å². The van der Waals surface area contributed by atoms with E-state index < -0.39 is 0 Å². The highest BCUT2D eigenvalue weighted by Gasteiger charge is 2.44. The topological polar surface area (TPSA) is 20.2 Å². The van der Waals surface area contributed by atoms with Gasteiger partial charge in [0.2, 0.25) is 0 Å². The first-order chi connectivity index (χ1) is 10.2. The maximum absolute atomic E-state index is 11.1. The van der Waals surface area contributed by atoms with E-state index in [1.54, 1.807) is 0 Å². The molecule has 2 bridgehead atoms. The van der Waals surface area contributed by atoms with E-state index in [4.69, 9.17) is 0 Å². The van der Waals surface area contributed by atoms with Crippen molar-refractivity contribution in [3.63, 3.8) is 0 Å². The molecule has 21 heavy (non-hydrogen) atoms. The first kappa shape index (κ1) is 15.1. The summed E-state index contributed by atoms with van der Waals surface area (Å²) in [6.45, 7) is 4.47. The first-order valence-electron chi connectivity index (χ1n) is 8.93. The smallest absolute Gasteiger partial charge is 0.0639 e. The van der Waals surface area contributed by atoms with Crippen LogP contribution in [0.2, 0.25) is 0 Å². The highest BCUT2D eigenvalue weighted by atomic mass is 16.3. The van der Waals surface area contributed by atoms with Crippen LogP contribution in [0.25, 0.3) is 0 Å². The Morgan fingerprint density at radius 1 is 1.10 bits per heavy atom. The fraction of sp³-hybridized carbons (Fsp3) is 0.700. The third-order valence-corrected chi connectivity index (χ3v) is 6.66. The Morgan fingerprint density at radius 2 is 1.81 bits per heavy atom. The van der Waals surface area contributed by atoms with Crippen molar-refractivity contribution >= 4 is 0 Å². The number of hydrogen-bond acceptors (Lipinski definition) is 1. The molecule has 1 aromatic carbocycles. The van der Waals surface area contributed by atoms with Crippen LogP contribution in [-0.2, 0) is 5.41 Å². The predicted molar refractivity (Wildman–Crippen MR) is 88.3 cm³/mol. The van der Waals surface area contributed by atoms with Crippen molar-refractivity contribution in [2.24, 2.45) is 17.8 Å². The third-order valence-electron chi connectivity index (χ3n) is 6.66. The molecule has 3 rings (SSSR count). The van der Waals surface area contributed by atoms with Crippen LogP contribution < -0.4 is 0 Å². The summed E-state index contributed by atoms with van der Waals surface area (Å²) in [6, 6.07) is 10.7. The molecule has 2 saturated carbocycles. The predicted octanol–water partition coefficient (Wildman–Crippen LogP) is 4.93. The summed E-state index contributed by atoms with van der Waals surface area (Å²) in [4.78, 5) is 0. The van der Waals surface area contributed by atoms with Gasteiger partial charge in [-0.3, -0.25) is 0 Å².